The van der Waals surface area contributed by atoms with E-state index in [4.69, 9.17) is 24.2 Å². The van der Waals surface area contributed by atoms with Crippen molar-refractivity contribution in [3.63, 3.8) is 0 Å². The number of benzene rings is 2. The lowest BCUT2D eigenvalue weighted by Gasteiger charge is -2.32. The minimum absolute atomic E-state index is 0.000931. The average molecular weight is 619 g/mol. The molecule has 9 nitrogen and oxygen atoms in total. The van der Waals surface area contributed by atoms with Gasteiger partial charge in [-0.2, -0.15) is 0 Å². The molecule has 3 aliphatic rings. The van der Waals surface area contributed by atoms with Crippen LogP contribution in [-0.2, 0) is 29.2 Å². The summed E-state index contributed by atoms with van der Waals surface area (Å²) in [5, 5.41) is 9.52. The molecule has 45 heavy (non-hydrogen) atoms. The summed E-state index contributed by atoms with van der Waals surface area (Å²) in [7, 11) is 0. The van der Waals surface area contributed by atoms with Gasteiger partial charge < -0.3 is 23.9 Å². The number of fused-ring (bicyclic) bond motifs is 1. The third-order valence-electron chi connectivity index (χ3n) is 9.26. The van der Waals surface area contributed by atoms with Crippen LogP contribution in [0.2, 0.25) is 0 Å². The Kier molecular flexibility index (Phi) is 8.48. The number of alkyl halides is 2. The molecule has 0 bridgehead atoms. The van der Waals surface area contributed by atoms with E-state index in [0.717, 1.165) is 67.1 Å². The number of halogens is 2. The van der Waals surface area contributed by atoms with Crippen LogP contribution >= 0.6 is 0 Å². The van der Waals surface area contributed by atoms with Crippen molar-refractivity contribution in [2.45, 2.75) is 63.3 Å². The second-order valence-electron chi connectivity index (χ2n) is 12.2. The number of carboxylic acid groups (broad SMARTS) is 1. The molecule has 0 spiro atoms. The smallest absolute Gasteiger partial charge is 0.335 e. The van der Waals surface area contributed by atoms with Crippen molar-refractivity contribution in [1.29, 1.82) is 0 Å². The fourth-order valence-corrected chi connectivity index (χ4v) is 6.37. The first-order valence-electron chi connectivity index (χ1n) is 15.6. The molecule has 0 saturated carbocycles. The van der Waals surface area contributed by atoms with Gasteiger partial charge in [0.25, 0.3) is 6.43 Å². The Morgan fingerprint density at radius 3 is 2.53 bits per heavy atom. The molecule has 1 atom stereocenters. The number of pyridine rings is 1. The topological polar surface area (TPSA) is 98.9 Å². The lowest BCUT2D eigenvalue weighted by Crippen LogP contribution is -2.35. The third kappa shape index (κ3) is 6.43. The molecule has 0 radical (unpaired) electrons. The second kappa shape index (κ2) is 12.8. The highest BCUT2D eigenvalue weighted by atomic mass is 19.3. The van der Waals surface area contributed by atoms with Crippen LogP contribution in [-0.4, -0.2) is 69.5 Å². The number of rotatable bonds is 11. The van der Waals surface area contributed by atoms with Crippen molar-refractivity contribution in [2.75, 3.05) is 32.9 Å². The molecule has 3 saturated heterocycles. The molecule has 0 unspecified atom stereocenters. The number of ether oxygens (including phenoxy) is 3. The van der Waals surface area contributed by atoms with Crippen molar-refractivity contribution in [1.82, 2.24) is 19.4 Å². The van der Waals surface area contributed by atoms with E-state index in [-0.39, 0.29) is 35.7 Å². The summed E-state index contributed by atoms with van der Waals surface area (Å²) in [6, 6.07) is 16.0. The maximum atomic E-state index is 13.9. The highest BCUT2D eigenvalue weighted by Crippen LogP contribution is 2.32. The third-order valence-corrected chi connectivity index (χ3v) is 9.26. The molecule has 11 heteroatoms. The molecular weight excluding hydrogens is 582 g/mol. The molecule has 4 aromatic rings. The highest BCUT2D eigenvalue weighted by Gasteiger charge is 2.27. The molecule has 5 heterocycles. The normalized spacial score (nSPS) is 19.5. The van der Waals surface area contributed by atoms with Gasteiger partial charge in [-0.15, -0.1) is 0 Å². The fraction of sp³-hybridized carbons (Fsp3) is 0.441. The van der Waals surface area contributed by atoms with Gasteiger partial charge in [0.1, 0.15) is 12.4 Å². The lowest BCUT2D eigenvalue weighted by molar-refractivity contribution is -0.0592. The molecule has 2 aromatic carbocycles. The predicted molar refractivity (Wildman–Crippen MR) is 162 cm³/mol. The van der Waals surface area contributed by atoms with Crippen molar-refractivity contribution in [3.8, 4) is 5.88 Å². The Morgan fingerprint density at radius 2 is 1.84 bits per heavy atom. The zero-order chi connectivity index (χ0) is 30.9. The van der Waals surface area contributed by atoms with Crippen LogP contribution in [0.25, 0.3) is 11.0 Å². The molecule has 0 amide bonds. The lowest BCUT2D eigenvalue weighted by atomic mass is 9.93. The SMILES string of the molecule is O=C(O)c1ccc2nc(CN3CCC(c4cccc(OCc5ccc(C6COC6)cc5C(F)F)n4)CC3)n(C[C@@H]3CCO3)c2c1. The van der Waals surface area contributed by atoms with Gasteiger partial charge in [-0.3, -0.25) is 4.90 Å². The summed E-state index contributed by atoms with van der Waals surface area (Å²) >= 11 is 0. The Balaban J connectivity index is 0.992. The molecule has 3 fully saturated rings. The van der Waals surface area contributed by atoms with E-state index in [1.807, 2.05) is 18.2 Å². The molecular formula is C34H36F2N4O5. The van der Waals surface area contributed by atoms with Crippen molar-refractivity contribution in [2.24, 2.45) is 0 Å². The zero-order valence-corrected chi connectivity index (χ0v) is 24.9. The van der Waals surface area contributed by atoms with Gasteiger partial charge in [0, 0.05) is 35.8 Å². The maximum Gasteiger partial charge on any atom is 0.335 e. The van der Waals surface area contributed by atoms with E-state index in [9.17, 15) is 18.7 Å². The van der Waals surface area contributed by atoms with E-state index in [2.05, 4.69) is 9.47 Å². The summed E-state index contributed by atoms with van der Waals surface area (Å²) < 4.78 is 46.7. The Bertz CT molecular complexity index is 1680. The van der Waals surface area contributed by atoms with Gasteiger partial charge in [-0.05, 0) is 73.8 Å². The van der Waals surface area contributed by atoms with E-state index >= 15 is 0 Å². The van der Waals surface area contributed by atoms with Gasteiger partial charge in [0.2, 0.25) is 5.88 Å². The fourth-order valence-electron chi connectivity index (χ4n) is 6.37. The van der Waals surface area contributed by atoms with Gasteiger partial charge in [-0.25, -0.2) is 23.5 Å². The number of carboxylic acids is 1. The first kappa shape index (κ1) is 29.8. The number of hydrogen-bond donors (Lipinski definition) is 1. The summed E-state index contributed by atoms with van der Waals surface area (Å²) in [6.45, 7) is 4.94. The number of aromatic carboxylic acids is 1. The number of likely N-dealkylation sites (tertiary alicyclic amines) is 1. The number of imidazole rings is 1. The van der Waals surface area contributed by atoms with E-state index in [1.165, 1.54) is 0 Å². The number of carbonyl (C=O) groups is 1. The van der Waals surface area contributed by atoms with Crippen LogP contribution in [0.15, 0.2) is 54.6 Å². The number of hydrogen-bond acceptors (Lipinski definition) is 7. The number of nitrogens with zero attached hydrogens (tertiary/aromatic N) is 4. The standard InChI is InChI=1S/C34H36F2N4O5/c35-33(36)27-14-22(25-18-43-19-25)4-5-24(27)20-45-32-3-1-2-28(38-32)21-8-11-39(12-9-21)17-31-37-29-7-6-23(34(41)42)15-30(29)40(31)16-26-10-13-44-26/h1-7,14-15,21,25-26,33H,8-13,16-20H2,(H,41,42)/t26-/m0/s1. The number of aromatic nitrogens is 3. The maximum absolute atomic E-state index is 13.9. The minimum Gasteiger partial charge on any atom is -0.478 e. The summed E-state index contributed by atoms with van der Waals surface area (Å²) in [5.41, 5.74) is 4.13. The molecule has 236 valence electrons. The first-order valence-corrected chi connectivity index (χ1v) is 15.6. The molecule has 0 aliphatic carbocycles. The molecule has 3 aliphatic heterocycles. The van der Waals surface area contributed by atoms with Gasteiger partial charge in [-0.1, -0.05) is 18.2 Å². The summed E-state index contributed by atoms with van der Waals surface area (Å²) in [5.74, 6) is 0.817. The Labute approximate surface area is 259 Å². The van der Waals surface area contributed by atoms with Crippen LogP contribution in [0, 0.1) is 0 Å². The van der Waals surface area contributed by atoms with Crippen LogP contribution in [0.5, 0.6) is 5.88 Å². The molecule has 2 aromatic heterocycles. The largest absolute Gasteiger partial charge is 0.478 e. The van der Waals surface area contributed by atoms with Gasteiger partial charge in [0.15, 0.2) is 0 Å². The predicted octanol–water partition coefficient (Wildman–Crippen LogP) is 5.93. The second-order valence-corrected chi connectivity index (χ2v) is 12.2. The van der Waals surface area contributed by atoms with Crippen LogP contribution in [0.3, 0.4) is 0 Å². The summed E-state index contributed by atoms with van der Waals surface area (Å²) in [6.07, 6.45) is 0.333. The van der Waals surface area contributed by atoms with Crippen LogP contribution < -0.4 is 4.74 Å². The van der Waals surface area contributed by atoms with E-state index in [0.29, 0.717) is 37.7 Å². The monoisotopic (exact) mass is 618 g/mol. The van der Waals surface area contributed by atoms with E-state index in [1.54, 1.807) is 36.4 Å². The molecule has 7 rings (SSSR count). The quantitative estimate of drug-likeness (QED) is 0.221. The Morgan fingerprint density at radius 1 is 1.02 bits per heavy atom. The zero-order valence-electron chi connectivity index (χ0n) is 24.9. The van der Waals surface area contributed by atoms with Crippen molar-refractivity contribution < 1.29 is 32.9 Å². The Hall–Kier alpha value is -3.93. The summed E-state index contributed by atoms with van der Waals surface area (Å²) in [4.78, 5) is 23.6. The minimum atomic E-state index is -2.58. The van der Waals surface area contributed by atoms with Gasteiger partial charge in [0.05, 0.1) is 49.0 Å². The number of piperidine rings is 1. The highest BCUT2D eigenvalue weighted by molar-refractivity contribution is 5.92. The average Bonchev–Trinajstić information content (AvgIpc) is 3.33. The first-order chi connectivity index (χ1) is 21.9. The van der Waals surface area contributed by atoms with Crippen molar-refractivity contribution in [3.05, 3.63) is 88.4 Å². The van der Waals surface area contributed by atoms with Crippen LogP contribution in [0.4, 0.5) is 8.78 Å². The van der Waals surface area contributed by atoms with Gasteiger partial charge >= 0.3 is 5.97 Å². The van der Waals surface area contributed by atoms with Crippen LogP contribution in [0.1, 0.15) is 76.1 Å². The molecule has 1 N–H and O–H groups in total. The van der Waals surface area contributed by atoms with Crippen molar-refractivity contribution >= 4 is 17.0 Å². The van der Waals surface area contributed by atoms with E-state index < -0.39 is 12.4 Å².